The van der Waals surface area contributed by atoms with Gasteiger partial charge in [-0.05, 0) is 50.5 Å². The highest BCUT2D eigenvalue weighted by molar-refractivity contribution is 5.80. The number of piperidine rings is 1. The van der Waals surface area contributed by atoms with Gasteiger partial charge in [0.15, 0.2) is 0 Å². The quantitative estimate of drug-likeness (QED) is 0.251. The molecular weight excluding hydrogens is 513 g/mol. The average Bonchev–Trinajstić information content (AvgIpc) is 2.92. The molecule has 1 aliphatic carbocycles. The lowest BCUT2D eigenvalue weighted by Gasteiger charge is -2.46. The maximum Gasteiger partial charge on any atom is 0.227 e. The number of halogens is 1. The van der Waals surface area contributed by atoms with Gasteiger partial charge in [-0.3, -0.25) is 14.6 Å². The number of rotatable bonds is 9. The first kappa shape index (κ1) is 30.5. The molecule has 0 radical (unpaired) electrons. The number of hydrogen-bond donors (Lipinski definition) is 5. The van der Waals surface area contributed by atoms with Crippen LogP contribution >= 0.6 is 0 Å². The second-order valence-corrected chi connectivity index (χ2v) is 13.3. The maximum absolute atomic E-state index is 14.7. The zero-order valence-corrected chi connectivity index (χ0v) is 24.3. The third-order valence-electron chi connectivity index (χ3n) is 10.3. The number of carbonyl (C=O) groups is 1. The van der Waals surface area contributed by atoms with Crippen molar-refractivity contribution >= 4 is 5.91 Å². The van der Waals surface area contributed by atoms with E-state index in [1.54, 1.807) is 0 Å². The molecule has 11 heteroatoms. The van der Waals surface area contributed by atoms with Crippen molar-refractivity contribution in [2.24, 2.45) is 28.7 Å². The fourth-order valence-corrected chi connectivity index (χ4v) is 7.78. The van der Waals surface area contributed by atoms with Crippen LogP contribution in [0.3, 0.4) is 0 Å². The third-order valence-corrected chi connectivity index (χ3v) is 10.3. The molecule has 5 rings (SSSR count). The lowest BCUT2D eigenvalue weighted by molar-refractivity contribution is -0.128. The van der Waals surface area contributed by atoms with E-state index in [0.29, 0.717) is 19.1 Å². The molecule has 1 spiro atoms. The zero-order valence-electron chi connectivity index (χ0n) is 24.3. The Labute approximate surface area is 239 Å². The van der Waals surface area contributed by atoms with Gasteiger partial charge in [-0.15, -0.1) is 0 Å². The summed E-state index contributed by atoms with van der Waals surface area (Å²) in [6.45, 7) is 8.83. The number of carbonyl (C=O) groups excluding carboxylic acids is 1. The number of nitrogens with zero attached hydrogens (tertiary/aromatic N) is 2. The second kappa shape index (κ2) is 14.5. The molecule has 1 saturated carbocycles. The van der Waals surface area contributed by atoms with Crippen molar-refractivity contribution < 1.29 is 18.7 Å². The Kier molecular flexibility index (Phi) is 11.1. The van der Waals surface area contributed by atoms with Crippen LogP contribution in [0.15, 0.2) is 0 Å². The Morgan fingerprint density at radius 1 is 1.07 bits per heavy atom. The highest BCUT2D eigenvalue weighted by Gasteiger charge is 2.43. The van der Waals surface area contributed by atoms with Gasteiger partial charge in [0.25, 0.3) is 0 Å². The van der Waals surface area contributed by atoms with Crippen LogP contribution in [0, 0.1) is 17.3 Å². The molecule has 40 heavy (non-hydrogen) atoms. The predicted octanol–water partition coefficient (Wildman–Crippen LogP) is 0.362. The van der Waals surface area contributed by atoms with Gasteiger partial charge in [0.2, 0.25) is 5.91 Å². The van der Waals surface area contributed by atoms with Crippen LogP contribution in [-0.4, -0.2) is 119 Å². The number of nitrogens with one attached hydrogen (secondary N) is 3. The first-order valence-corrected chi connectivity index (χ1v) is 15.9. The lowest BCUT2D eigenvalue weighted by Crippen LogP contribution is -2.65. The minimum atomic E-state index is -0.900. The van der Waals surface area contributed by atoms with Gasteiger partial charge in [-0.1, -0.05) is 19.3 Å². The molecule has 5 aliphatic rings. The van der Waals surface area contributed by atoms with E-state index >= 15 is 0 Å². The summed E-state index contributed by atoms with van der Waals surface area (Å²) < 4.78 is 25.9. The van der Waals surface area contributed by atoms with Crippen LogP contribution in [0.2, 0.25) is 0 Å². The zero-order chi connectivity index (χ0) is 28.0. The normalized spacial score (nSPS) is 33.7. The molecule has 4 saturated heterocycles. The van der Waals surface area contributed by atoms with Crippen molar-refractivity contribution in [2.75, 3.05) is 72.4 Å². The summed E-state index contributed by atoms with van der Waals surface area (Å²) in [6, 6.07) is 0.0250. The summed E-state index contributed by atoms with van der Waals surface area (Å²) in [5.74, 6) is -0.142. The van der Waals surface area contributed by atoms with Gasteiger partial charge in [-0.2, -0.15) is 0 Å². The van der Waals surface area contributed by atoms with E-state index in [0.717, 1.165) is 91.2 Å². The average molecular weight is 568 g/mol. The monoisotopic (exact) mass is 567 g/mol. The summed E-state index contributed by atoms with van der Waals surface area (Å²) in [4.78, 5) is 18.8. The second-order valence-electron chi connectivity index (χ2n) is 13.3. The van der Waals surface area contributed by atoms with Gasteiger partial charge in [-0.25, -0.2) is 4.39 Å². The SMILES string of the molecule is NC(N)C(C(=O)NC1CNCCC1N1CCN(COCC2COC2)CC1)C1CC2(CCCCC2)CCC(F)CN1. The molecule has 10 nitrogen and oxygen atoms in total. The number of nitrogens with two attached hydrogens (primary N) is 2. The van der Waals surface area contributed by atoms with Crippen LogP contribution in [0.4, 0.5) is 4.39 Å². The van der Waals surface area contributed by atoms with Gasteiger partial charge in [0, 0.05) is 57.3 Å². The van der Waals surface area contributed by atoms with E-state index < -0.39 is 18.3 Å². The molecule has 5 atom stereocenters. The van der Waals surface area contributed by atoms with Crippen molar-refractivity contribution in [1.29, 1.82) is 0 Å². The van der Waals surface area contributed by atoms with E-state index in [2.05, 4.69) is 25.8 Å². The molecule has 0 aromatic heterocycles. The lowest BCUT2D eigenvalue weighted by atomic mass is 9.65. The first-order valence-electron chi connectivity index (χ1n) is 15.9. The summed E-state index contributed by atoms with van der Waals surface area (Å²) in [6.07, 6.45) is 7.41. The van der Waals surface area contributed by atoms with Crippen molar-refractivity contribution in [3.8, 4) is 0 Å². The summed E-state index contributed by atoms with van der Waals surface area (Å²) in [5.41, 5.74) is 12.7. The van der Waals surface area contributed by atoms with Crippen LogP contribution in [0.25, 0.3) is 0 Å². The Morgan fingerprint density at radius 2 is 1.85 bits per heavy atom. The van der Waals surface area contributed by atoms with E-state index in [-0.39, 0.29) is 36.0 Å². The molecule has 0 bridgehead atoms. The van der Waals surface area contributed by atoms with Gasteiger partial charge >= 0.3 is 0 Å². The van der Waals surface area contributed by atoms with Crippen molar-refractivity contribution in [3.05, 3.63) is 0 Å². The molecule has 5 unspecified atom stereocenters. The van der Waals surface area contributed by atoms with Crippen LogP contribution in [-0.2, 0) is 14.3 Å². The smallest absolute Gasteiger partial charge is 0.227 e. The number of alkyl halides is 1. The third kappa shape index (κ3) is 7.92. The van der Waals surface area contributed by atoms with Crippen LogP contribution < -0.4 is 27.4 Å². The van der Waals surface area contributed by atoms with E-state index in [9.17, 15) is 9.18 Å². The molecule has 0 aromatic rings. The molecule has 5 fully saturated rings. The summed E-state index contributed by atoms with van der Waals surface area (Å²) in [7, 11) is 0. The molecule has 0 aromatic carbocycles. The molecular formula is C29H54FN7O3. The Morgan fingerprint density at radius 3 is 2.55 bits per heavy atom. The standard InChI is InChI=1S/C29H54FN7O3/c30-22-4-8-29(6-2-1-3-7-29)14-23(34-15-22)26(27(31)32)28(38)35-24-16-33-9-5-25(24)37-12-10-36(11-13-37)20-40-19-21-17-39-18-21/h21-27,33-34H,1-20,31-32H2,(H,35,38). The van der Waals surface area contributed by atoms with Crippen LogP contribution in [0.1, 0.15) is 57.8 Å². The number of piperazine rings is 1. The minimum Gasteiger partial charge on any atom is -0.381 e. The molecule has 1 amide bonds. The fraction of sp³-hybridized carbons (Fsp3) is 0.966. The number of ether oxygens (including phenoxy) is 2. The van der Waals surface area contributed by atoms with Crippen LogP contribution in [0.5, 0.6) is 0 Å². The molecule has 4 heterocycles. The highest BCUT2D eigenvalue weighted by Crippen LogP contribution is 2.46. The Hall–Kier alpha value is -0.920. The summed E-state index contributed by atoms with van der Waals surface area (Å²) >= 11 is 0. The molecule has 230 valence electrons. The van der Waals surface area contributed by atoms with Gasteiger partial charge in [0.05, 0.1) is 44.7 Å². The highest BCUT2D eigenvalue weighted by atomic mass is 19.1. The maximum atomic E-state index is 14.7. The molecule has 4 aliphatic heterocycles. The topological polar surface area (TPSA) is 130 Å². The van der Waals surface area contributed by atoms with E-state index in [1.165, 1.54) is 19.3 Å². The first-order chi connectivity index (χ1) is 19.4. The van der Waals surface area contributed by atoms with Crippen molar-refractivity contribution in [3.63, 3.8) is 0 Å². The molecule has 7 N–H and O–H groups in total. The predicted molar refractivity (Wildman–Crippen MR) is 153 cm³/mol. The van der Waals surface area contributed by atoms with E-state index in [1.807, 2.05) is 0 Å². The number of amides is 1. The van der Waals surface area contributed by atoms with E-state index in [4.69, 9.17) is 20.9 Å². The van der Waals surface area contributed by atoms with Gasteiger partial charge in [0.1, 0.15) is 6.17 Å². The number of hydrogen-bond acceptors (Lipinski definition) is 9. The summed E-state index contributed by atoms with van der Waals surface area (Å²) in [5, 5.41) is 10.3. The fourth-order valence-electron chi connectivity index (χ4n) is 7.78. The van der Waals surface area contributed by atoms with Crippen molar-refractivity contribution in [2.45, 2.75) is 88.3 Å². The largest absolute Gasteiger partial charge is 0.381 e. The van der Waals surface area contributed by atoms with Crippen molar-refractivity contribution in [1.82, 2.24) is 25.8 Å². The minimum absolute atomic E-state index is 0.0185. The van der Waals surface area contributed by atoms with Gasteiger partial charge < -0.3 is 36.9 Å². The Balaban J connectivity index is 1.18. The Bertz CT molecular complexity index is 790.